The number of fused-ring (bicyclic) bond motifs is 2. The maximum absolute atomic E-state index is 12.5. The number of ether oxygens (including phenoxy) is 1. The van der Waals surface area contributed by atoms with Crippen LogP contribution < -0.4 is 9.64 Å². The van der Waals surface area contributed by atoms with Crippen LogP contribution in [0.15, 0.2) is 47.9 Å². The second-order valence-electron chi connectivity index (χ2n) is 10.9. The maximum Gasteiger partial charge on any atom is 0.320 e. The van der Waals surface area contributed by atoms with Crippen molar-refractivity contribution in [3.05, 3.63) is 60.0 Å². The highest BCUT2D eigenvalue weighted by Crippen LogP contribution is 2.37. The van der Waals surface area contributed by atoms with E-state index in [0.29, 0.717) is 43.9 Å². The smallest absolute Gasteiger partial charge is 0.320 e. The summed E-state index contributed by atoms with van der Waals surface area (Å²) in [5, 5.41) is 0.836. The molecule has 0 saturated carbocycles. The SMILES string of the molecule is [C-]#[N+]C[C@H]1CN(c2nc(OC[C@@H]3CCCN3C)nc3nc(-c4cccc5c4CCCS5)ccc23)CCN1C(=O)C=C. The van der Waals surface area contributed by atoms with Gasteiger partial charge in [-0.2, -0.15) is 9.97 Å². The Morgan fingerprint density at radius 3 is 2.88 bits per heavy atom. The van der Waals surface area contributed by atoms with Gasteiger partial charge in [-0.15, -0.1) is 11.8 Å². The van der Waals surface area contributed by atoms with Crippen molar-refractivity contribution in [1.29, 1.82) is 0 Å². The fourth-order valence-electron chi connectivity index (χ4n) is 6.14. The topological polar surface area (TPSA) is 79.1 Å². The number of likely N-dealkylation sites (N-methyl/N-ethyl adjacent to an activating group) is 1. The highest BCUT2D eigenvalue weighted by Gasteiger charge is 2.33. The third-order valence-electron chi connectivity index (χ3n) is 8.38. The number of benzene rings is 1. The Hall–Kier alpha value is -3.68. The largest absolute Gasteiger partial charge is 0.462 e. The molecule has 10 heteroatoms. The quantitative estimate of drug-likeness (QED) is 0.308. The minimum absolute atomic E-state index is 0.147. The second kappa shape index (κ2) is 12.0. The minimum Gasteiger partial charge on any atom is -0.462 e. The number of pyridine rings is 1. The summed E-state index contributed by atoms with van der Waals surface area (Å²) in [6, 6.07) is 11.0. The van der Waals surface area contributed by atoms with E-state index in [0.717, 1.165) is 60.4 Å². The first-order valence-corrected chi connectivity index (χ1v) is 15.3. The number of nitrogens with zero attached hydrogens (tertiary/aromatic N) is 7. The van der Waals surface area contributed by atoms with Gasteiger partial charge in [0.25, 0.3) is 0 Å². The monoisotopic (exact) mass is 569 g/mol. The molecule has 0 aliphatic carbocycles. The Bertz CT molecular complexity index is 1510. The van der Waals surface area contributed by atoms with Crippen molar-refractivity contribution in [2.75, 3.05) is 57.0 Å². The van der Waals surface area contributed by atoms with Gasteiger partial charge in [-0.1, -0.05) is 18.7 Å². The van der Waals surface area contributed by atoms with Gasteiger partial charge in [-0.05, 0) is 74.9 Å². The zero-order valence-corrected chi connectivity index (χ0v) is 24.3. The Morgan fingerprint density at radius 2 is 2.07 bits per heavy atom. The van der Waals surface area contributed by atoms with Gasteiger partial charge in [0.15, 0.2) is 5.65 Å². The number of hydrogen-bond acceptors (Lipinski definition) is 8. The first-order chi connectivity index (χ1) is 20.1. The zero-order valence-electron chi connectivity index (χ0n) is 23.5. The summed E-state index contributed by atoms with van der Waals surface area (Å²) in [6.07, 6.45) is 5.79. The van der Waals surface area contributed by atoms with Crippen LogP contribution in [-0.4, -0.2) is 94.9 Å². The molecule has 2 atom stereocenters. The number of anilines is 1. The van der Waals surface area contributed by atoms with Crippen molar-refractivity contribution in [3.63, 3.8) is 0 Å². The van der Waals surface area contributed by atoms with Crippen molar-refractivity contribution in [3.8, 4) is 17.3 Å². The standard InChI is InChI=1S/C31H35N7O2S/c1-4-28(39)38-16-15-37(19-22(38)18-32-2)30-25-12-13-26(23-9-5-11-27-24(23)10-7-17-41-27)33-29(25)34-31(35-30)40-20-21-8-6-14-36(21)3/h4-5,9,11-13,21-22H,1,6-8,10,14-20H2,3H3/t21-,22-/m0/s1. The van der Waals surface area contributed by atoms with Crippen LogP contribution in [-0.2, 0) is 11.2 Å². The van der Waals surface area contributed by atoms with Crippen molar-refractivity contribution in [2.45, 2.75) is 42.7 Å². The highest BCUT2D eigenvalue weighted by atomic mass is 32.2. The molecule has 3 aliphatic rings. The first-order valence-electron chi connectivity index (χ1n) is 14.3. The molecule has 0 unspecified atom stereocenters. The molecule has 212 valence electrons. The van der Waals surface area contributed by atoms with E-state index >= 15 is 0 Å². The number of rotatable bonds is 7. The maximum atomic E-state index is 12.5. The van der Waals surface area contributed by atoms with Gasteiger partial charge in [0.05, 0.1) is 11.1 Å². The van der Waals surface area contributed by atoms with Crippen molar-refractivity contribution in [2.24, 2.45) is 0 Å². The number of hydrogen-bond donors (Lipinski definition) is 0. The molecule has 2 fully saturated rings. The van der Waals surface area contributed by atoms with Gasteiger partial charge in [-0.3, -0.25) is 4.79 Å². The molecule has 1 amide bonds. The number of carbonyl (C=O) groups excluding carboxylic acids is 1. The van der Waals surface area contributed by atoms with E-state index in [-0.39, 0.29) is 18.5 Å². The van der Waals surface area contributed by atoms with Crippen LogP contribution in [0.4, 0.5) is 5.82 Å². The van der Waals surface area contributed by atoms with Crippen LogP contribution in [0.2, 0.25) is 0 Å². The molecule has 0 bridgehead atoms. The molecule has 0 spiro atoms. The molecule has 3 aliphatic heterocycles. The first kappa shape index (κ1) is 27.5. The normalized spacial score (nSPS) is 21.0. The lowest BCUT2D eigenvalue weighted by Crippen LogP contribution is -2.56. The van der Waals surface area contributed by atoms with Crippen LogP contribution in [0.5, 0.6) is 6.01 Å². The van der Waals surface area contributed by atoms with Crippen LogP contribution >= 0.6 is 11.8 Å². The van der Waals surface area contributed by atoms with E-state index in [9.17, 15) is 4.79 Å². The predicted molar refractivity (Wildman–Crippen MR) is 162 cm³/mol. The van der Waals surface area contributed by atoms with Crippen LogP contribution in [0.25, 0.3) is 27.1 Å². The lowest BCUT2D eigenvalue weighted by atomic mass is 9.99. The summed E-state index contributed by atoms with van der Waals surface area (Å²) in [6.45, 7) is 14.5. The molecule has 3 aromatic rings. The molecule has 41 heavy (non-hydrogen) atoms. The highest BCUT2D eigenvalue weighted by molar-refractivity contribution is 7.99. The predicted octanol–water partition coefficient (Wildman–Crippen LogP) is 4.33. The Balaban J connectivity index is 1.38. The number of thioether (sulfide) groups is 1. The third kappa shape index (κ3) is 5.61. The summed E-state index contributed by atoms with van der Waals surface area (Å²) in [5.41, 5.74) is 4.00. The zero-order chi connectivity index (χ0) is 28.3. The number of carbonyl (C=O) groups is 1. The van der Waals surface area contributed by atoms with Crippen LogP contribution in [0.3, 0.4) is 0 Å². The van der Waals surface area contributed by atoms with Gasteiger partial charge in [0, 0.05) is 36.1 Å². The molecule has 0 radical (unpaired) electrons. The van der Waals surface area contributed by atoms with E-state index in [2.05, 4.69) is 58.6 Å². The van der Waals surface area contributed by atoms with E-state index in [4.69, 9.17) is 26.3 Å². The number of likely N-dealkylation sites (tertiary alicyclic amines) is 1. The number of aromatic nitrogens is 3. The van der Waals surface area contributed by atoms with Gasteiger partial charge in [0.2, 0.25) is 12.5 Å². The van der Waals surface area contributed by atoms with Crippen LogP contribution in [0, 0.1) is 6.57 Å². The fraction of sp³-hybridized carbons (Fsp3) is 0.452. The molecule has 2 aromatic heterocycles. The molecule has 2 saturated heterocycles. The molecular formula is C31H35N7O2S. The Labute approximate surface area is 245 Å². The molecule has 6 rings (SSSR count). The van der Waals surface area contributed by atoms with E-state index in [1.165, 1.54) is 16.5 Å². The van der Waals surface area contributed by atoms with Crippen LogP contribution in [0.1, 0.15) is 24.8 Å². The molecule has 5 heterocycles. The van der Waals surface area contributed by atoms with Crippen molar-refractivity contribution in [1.82, 2.24) is 24.8 Å². The van der Waals surface area contributed by atoms with E-state index in [1.54, 1.807) is 4.90 Å². The Kier molecular flexibility index (Phi) is 8.08. The van der Waals surface area contributed by atoms with Crippen molar-refractivity contribution < 1.29 is 9.53 Å². The van der Waals surface area contributed by atoms with Gasteiger partial charge in [0.1, 0.15) is 18.5 Å². The summed E-state index contributed by atoms with van der Waals surface area (Å²) in [7, 11) is 2.13. The summed E-state index contributed by atoms with van der Waals surface area (Å²) in [4.78, 5) is 38.4. The average molecular weight is 570 g/mol. The lowest BCUT2D eigenvalue weighted by molar-refractivity contribution is -0.128. The van der Waals surface area contributed by atoms with Gasteiger partial charge >= 0.3 is 6.01 Å². The Morgan fingerprint density at radius 1 is 1.17 bits per heavy atom. The molecule has 1 aromatic carbocycles. The minimum atomic E-state index is -0.256. The fourth-order valence-corrected chi connectivity index (χ4v) is 7.21. The lowest BCUT2D eigenvalue weighted by Gasteiger charge is -2.39. The van der Waals surface area contributed by atoms with E-state index < -0.39 is 0 Å². The summed E-state index contributed by atoms with van der Waals surface area (Å²) >= 11 is 1.91. The third-order valence-corrected chi connectivity index (χ3v) is 9.56. The molecule has 0 N–H and O–H groups in total. The number of piperazine rings is 1. The summed E-state index contributed by atoms with van der Waals surface area (Å²) in [5.74, 6) is 1.73. The van der Waals surface area contributed by atoms with Gasteiger partial charge in [-0.25, -0.2) is 11.6 Å². The number of amides is 1. The molecule has 9 nitrogen and oxygen atoms in total. The molecular weight excluding hydrogens is 534 g/mol. The van der Waals surface area contributed by atoms with Crippen molar-refractivity contribution >= 4 is 34.5 Å². The second-order valence-corrected chi connectivity index (χ2v) is 12.0. The van der Waals surface area contributed by atoms with Gasteiger partial charge < -0.3 is 24.3 Å². The summed E-state index contributed by atoms with van der Waals surface area (Å²) < 4.78 is 6.23. The van der Waals surface area contributed by atoms with E-state index in [1.807, 2.05) is 11.8 Å². The average Bonchev–Trinajstić information content (AvgIpc) is 3.43.